The third-order valence-corrected chi connectivity index (χ3v) is 4.24. The first-order valence-corrected chi connectivity index (χ1v) is 9.56. The lowest BCUT2D eigenvalue weighted by molar-refractivity contribution is -0.137. The zero-order valence-electron chi connectivity index (χ0n) is 16.3. The van der Waals surface area contributed by atoms with Crippen molar-refractivity contribution < 1.29 is 17.9 Å². The van der Waals surface area contributed by atoms with E-state index in [2.05, 4.69) is 20.6 Å². The predicted octanol–water partition coefficient (Wildman–Crippen LogP) is 6.67. The van der Waals surface area contributed by atoms with Gasteiger partial charge in [-0.25, -0.2) is 4.98 Å². The number of ether oxygens (including phenoxy) is 1. The van der Waals surface area contributed by atoms with E-state index in [0.29, 0.717) is 29.6 Å². The van der Waals surface area contributed by atoms with Crippen molar-refractivity contribution in [3.8, 4) is 5.75 Å². The molecule has 0 atom stereocenters. The van der Waals surface area contributed by atoms with Gasteiger partial charge in [0.25, 0.3) is 0 Å². The van der Waals surface area contributed by atoms with Crippen LogP contribution in [0.5, 0.6) is 5.75 Å². The molecule has 2 N–H and O–H groups in total. The van der Waals surface area contributed by atoms with Crippen molar-refractivity contribution in [2.24, 2.45) is 5.92 Å². The van der Waals surface area contributed by atoms with Crippen LogP contribution in [-0.4, -0.2) is 16.6 Å². The highest BCUT2D eigenvalue weighted by Crippen LogP contribution is 2.36. The minimum Gasteiger partial charge on any atom is -0.493 e. The quantitative estimate of drug-likeness (QED) is 0.433. The summed E-state index contributed by atoms with van der Waals surface area (Å²) in [7, 11) is 0. The third kappa shape index (κ3) is 5.76. The Morgan fingerprint density at radius 1 is 1.03 bits per heavy atom. The SMILES string of the molecule is CC(C)COc1ccc(Nc2ncc(C(F)(F)F)c(Nc3ccccc3Cl)n2)cc1. The molecule has 1 aromatic heterocycles. The summed E-state index contributed by atoms with van der Waals surface area (Å²) in [6.07, 6.45) is -3.90. The van der Waals surface area contributed by atoms with Crippen LogP contribution in [0.3, 0.4) is 0 Å². The Morgan fingerprint density at radius 2 is 1.73 bits per heavy atom. The van der Waals surface area contributed by atoms with Crippen molar-refractivity contribution in [1.29, 1.82) is 0 Å². The van der Waals surface area contributed by atoms with Crippen molar-refractivity contribution in [2.45, 2.75) is 20.0 Å². The number of hydrogen-bond acceptors (Lipinski definition) is 5. The fourth-order valence-corrected chi connectivity index (χ4v) is 2.64. The lowest BCUT2D eigenvalue weighted by Crippen LogP contribution is -2.12. The van der Waals surface area contributed by atoms with Crippen LogP contribution in [0.1, 0.15) is 19.4 Å². The minimum absolute atomic E-state index is 0.00778. The maximum absolute atomic E-state index is 13.4. The number of benzene rings is 2. The van der Waals surface area contributed by atoms with Gasteiger partial charge in [0.15, 0.2) is 0 Å². The van der Waals surface area contributed by atoms with Crippen LogP contribution < -0.4 is 15.4 Å². The lowest BCUT2D eigenvalue weighted by atomic mass is 10.2. The number of nitrogens with one attached hydrogen (secondary N) is 2. The van der Waals surface area contributed by atoms with Crippen LogP contribution in [0.4, 0.5) is 36.3 Å². The normalized spacial score (nSPS) is 11.4. The van der Waals surface area contributed by atoms with Gasteiger partial charge in [-0.2, -0.15) is 18.2 Å². The number of rotatable bonds is 7. The van der Waals surface area contributed by atoms with E-state index >= 15 is 0 Å². The number of aromatic nitrogens is 2. The molecule has 0 aliphatic carbocycles. The van der Waals surface area contributed by atoms with Gasteiger partial charge in [-0.15, -0.1) is 0 Å². The second kappa shape index (κ2) is 9.21. The molecule has 0 saturated carbocycles. The van der Waals surface area contributed by atoms with E-state index < -0.39 is 17.6 Å². The molecule has 5 nitrogen and oxygen atoms in total. The van der Waals surface area contributed by atoms with E-state index in [1.165, 1.54) is 0 Å². The molecule has 3 aromatic rings. The van der Waals surface area contributed by atoms with E-state index in [9.17, 15) is 13.2 Å². The molecule has 2 aromatic carbocycles. The topological polar surface area (TPSA) is 59.1 Å². The zero-order chi connectivity index (χ0) is 21.7. The van der Waals surface area contributed by atoms with Crippen LogP contribution in [0.15, 0.2) is 54.7 Å². The zero-order valence-corrected chi connectivity index (χ0v) is 17.1. The number of halogens is 4. The molecule has 1 heterocycles. The maximum atomic E-state index is 13.4. The highest BCUT2D eigenvalue weighted by molar-refractivity contribution is 6.33. The summed E-state index contributed by atoms with van der Waals surface area (Å²) in [5.74, 6) is 0.703. The molecule has 0 aliphatic rings. The highest BCUT2D eigenvalue weighted by atomic mass is 35.5. The van der Waals surface area contributed by atoms with Crippen molar-refractivity contribution in [1.82, 2.24) is 9.97 Å². The molecule has 0 amide bonds. The summed E-state index contributed by atoms with van der Waals surface area (Å²) in [6.45, 7) is 4.68. The summed E-state index contributed by atoms with van der Waals surface area (Å²) in [4.78, 5) is 7.81. The first kappa shape index (κ1) is 21.7. The number of para-hydroxylation sites is 1. The Hall–Kier alpha value is -3.00. The van der Waals surface area contributed by atoms with Gasteiger partial charge in [-0.05, 0) is 42.3 Å². The van der Waals surface area contributed by atoms with Gasteiger partial charge >= 0.3 is 6.18 Å². The molecular formula is C21H20ClF3N4O. The molecule has 0 unspecified atom stereocenters. The highest BCUT2D eigenvalue weighted by Gasteiger charge is 2.35. The maximum Gasteiger partial charge on any atom is 0.421 e. The Morgan fingerprint density at radius 3 is 2.37 bits per heavy atom. The van der Waals surface area contributed by atoms with Gasteiger partial charge in [0.05, 0.1) is 17.3 Å². The van der Waals surface area contributed by atoms with Gasteiger partial charge in [0, 0.05) is 11.9 Å². The smallest absolute Gasteiger partial charge is 0.421 e. The molecule has 158 valence electrons. The summed E-state index contributed by atoms with van der Waals surface area (Å²) >= 11 is 6.06. The van der Waals surface area contributed by atoms with Crippen LogP contribution in [0.2, 0.25) is 5.02 Å². The van der Waals surface area contributed by atoms with E-state index in [4.69, 9.17) is 16.3 Å². The molecule has 0 bridgehead atoms. The standard InChI is InChI=1S/C21H20ClF3N4O/c1-13(2)12-30-15-9-7-14(8-10-15)27-20-26-11-16(21(23,24)25)19(29-20)28-18-6-4-3-5-17(18)22/h3-11,13H,12H2,1-2H3,(H2,26,27,28,29). The Kier molecular flexibility index (Phi) is 6.66. The van der Waals surface area contributed by atoms with Gasteiger partial charge < -0.3 is 15.4 Å². The van der Waals surface area contributed by atoms with Crippen LogP contribution in [-0.2, 0) is 6.18 Å². The molecule has 3 rings (SSSR count). The summed E-state index contributed by atoms with van der Waals surface area (Å²) < 4.78 is 45.8. The molecule has 0 fully saturated rings. The minimum atomic E-state index is -4.63. The fraction of sp³-hybridized carbons (Fsp3) is 0.238. The molecular weight excluding hydrogens is 417 g/mol. The van der Waals surface area contributed by atoms with Crippen LogP contribution in [0, 0.1) is 5.92 Å². The Labute approximate surface area is 177 Å². The second-order valence-electron chi connectivity index (χ2n) is 6.91. The predicted molar refractivity (Wildman–Crippen MR) is 112 cm³/mol. The van der Waals surface area contributed by atoms with Crippen molar-refractivity contribution in [2.75, 3.05) is 17.2 Å². The van der Waals surface area contributed by atoms with Gasteiger partial charge in [-0.1, -0.05) is 37.6 Å². The average molecular weight is 437 g/mol. The van der Waals surface area contributed by atoms with E-state index in [0.717, 1.165) is 6.20 Å². The van der Waals surface area contributed by atoms with Gasteiger partial charge in [-0.3, -0.25) is 0 Å². The molecule has 0 spiro atoms. The first-order chi connectivity index (χ1) is 14.2. The monoisotopic (exact) mass is 436 g/mol. The van der Waals surface area contributed by atoms with Gasteiger partial charge in [0.2, 0.25) is 5.95 Å². The Balaban J connectivity index is 1.83. The molecule has 0 radical (unpaired) electrons. The van der Waals surface area contributed by atoms with E-state index in [-0.39, 0.29) is 11.0 Å². The second-order valence-corrected chi connectivity index (χ2v) is 7.32. The summed E-state index contributed by atoms with van der Waals surface area (Å²) in [5, 5.41) is 5.82. The third-order valence-electron chi connectivity index (χ3n) is 3.91. The summed E-state index contributed by atoms with van der Waals surface area (Å²) in [5.41, 5.74) is -0.0817. The molecule has 9 heteroatoms. The molecule has 0 aliphatic heterocycles. The fourth-order valence-electron chi connectivity index (χ4n) is 2.46. The largest absolute Gasteiger partial charge is 0.493 e. The van der Waals surface area contributed by atoms with E-state index in [1.54, 1.807) is 48.5 Å². The average Bonchev–Trinajstić information content (AvgIpc) is 2.68. The summed E-state index contributed by atoms with van der Waals surface area (Å²) in [6, 6.07) is 13.5. The van der Waals surface area contributed by atoms with Crippen molar-refractivity contribution in [3.05, 3.63) is 65.3 Å². The Bertz CT molecular complexity index is 994. The first-order valence-electron chi connectivity index (χ1n) is 9.18. The van der Waals surface area contributed by atoms with Gasteiger partial charge in [0.1, 0.15) is 17.1 Å². The van der Waals surface area contributed by atoms with Crippen LogP contribution >= 0.6 is 11.6 Å². The lowest BCUT2D eigenvalue weighted by Gasteiger charge is -2.15. The van der Waals surface area contributed by atoms with Crippen molar-refractivity contribution in [3.63, 3.8) is 0 Å². The van der Waals surface area contributed by atoms with E-state index in [1.807, 2.05) is 13.8 Å². The number of hydrogen-bond donors (Lipinski definition) is 2. The number of nitrogens with zero attached hydrogens (tertiary/aromatic N) is 2. The molecule has 0 saturated heterocycles. The molecule has 30 heavy (non-hydrogen) atoms. The number of alkyl halides is 3. The van der Waals surface area contributed by atoms with Crippen molar-refractivity contribution >= 4 is 34.7 Å². The van der Waals surface area contributed by atoms with Crippen LogP contribution in [0.25, 0.3) is 0 Å². The number of anilines is 4.